The van der Waals surface area contributed by atoms with Crippen molar-refractivity contribution in [1.82, 2.24) is 10.6 Å². The van der Waals surface area contributed by atoms with Crippen molar-refractivity contribution in [3.8, 4) is 0 Å². The summed E-state index contributed by atoms with van der Waals surface area (Å²) in [4.78, 5) is 11.5. The van der Waals surface area contributed by atoms with Crippen molar-refractivity contribution in [2.75, 3.05) is 12.8 Å². The largest absolute Gasteiger partial charge is 0.353 e. The number of amides is 1. The van der Waals surface area contributed by atoms with Crippen molar-refractivity contribution >= 4 is 17.7 Å². The predicted molar refractivity (Wildman–Crippen MR) is 63.7 cm³/mol. The van der Waals surface area contributed by atoms with Gasteiger partial charge < -0.3 is 10.6 Å². The molecule has 0 saturated carbocycles. The molecule has 2 unspecified atom stereocenters. The van der Waals surface area contributed by atoms with Crippen LogP contribution in [0.4, 0.5) is 0 Å². The Hall–Kier alpha value is -0.220. The van der Waals surface area contributed by atoms with Crippen LogP contribution in [-0.2, 0) is 4.79 Å². The summed E-state index contributed by atoms with van der Waals surface area (Å²) in [5.41, 5.74) is 0. The maximum atomic E-state index is 11.5. The van der Waals surface area contributed by atoms with Crippen LogP contribution in [0, 0.1) is 0 Å². The minimum atomic E-state index is -0.105. The van der Waals surface area contributed by atoms with Gasteiger partial charge in [0.1, 0.15) is 0 Å². The molecule has 0 radical (unpaired) electrons. The molecule has 3 nitrogen and oxygen atoms in total. The SMILES string of the molecule is CSC(C)CNC(C)C(=O)NC(C)C. The molecule has 0 aromatic rings. The van der Waals surface area contributed by atoms with Crippen LogP contribution in [-0.4, -0.2) is 36.0 Å². The van der Waals surface area contributed by atoms with Gasteiger partial charge in [0.15, 0.2) is 0 Å². The lowest BCUT2D eigenvalue weighted by atomic mass is 10.2. The van der Waals surface area contributed by atoms with Crippen LogP contribution in [0.15, 0.2) is 0 Å². The van der Waals surface area contributed by atoms with Gasteiger partial charge in [-0.05, 0) is 27.0 Å². The molecular weight excluding hydrogens is 196 g/mol. The van der Waals surface area contributed by atoms with E-state index in [9.17, 15) is 4.79 Å². The second-order valence-electron chi connectivity index (χ2n) is 3.84. The molecule has 0 saturated heterocycles. The summed E-state index contributed by atoms with van der Waals surface area (Å²) in [5, 5.41) is 6.63. The average molecular weight is 218 g/mol. The zero-order chi connectivity index (χ0) is 11.1. The van der Waals surface area contributed by atoms with Gasteiger partial charge in [-0.3, -0.25) is 4.79 Å². The first kappa shape index (κ1) is 13.8. The summed E-state index contributed by atoms with van der Waals surface area (Å²) in [5.74, 6) is 0.0771. The number of hydrogen-bond acceptors (Lipinski definition) is 3. The van der Waals surface area contributed by atoms with E-state index in [0.717, 1.165) is 6.54 Å². The van der Waals surface area contributed by atoms with Gasteiger partial charge in [-0.2, -0.15) is 11.8 Å². The summed E-state index contributed by atoms with van der Waals surface area (Å²) in [6.07, 6.45) is 2.07. The van der Waals surface area contributed by atoms with E-state index < -0.39 is 0 Å². The Bertz CT molecular complexity index is 174. The molecule has 0 spiro atoms. The van der Waals surface area contributed by atoms with Crippen LogP contribution in [0.2, 0.25) is 0 Å². The van der Waals surface area contributed by atoms with Gasteiger partial charge in [0, 0.05) is 17.8 Å². The second kappa shape index (κ2) is 7.12. The van der Waals surface area contributed by atoms with E-state index in [4.69, 9.17) is 0 Å². The Kier molecular flexibility index (Phi) is 7.01. The molecule has 2 atom stereocenters. The number of hydrogen-bond donors (Lipinski definition) is 2. The average Bonchev–Trinajstić information content (AvgIpc) is 2.12. The van der Waals surface area contributed by atoms with Crippen LogP contribution in [0.25, 0.3) is 0 Å². The molecule has 0 rings (SSSR count). The molecule has 0 aromatic carbocycles. The highest BCUT2D eigenvalue weighted by atomic mass is 32.2. The van der Waals surface area contributed by atoms with Crippen molar-refractivity contribution in [1.29, 1.82) is 0 Å². The highest BCUT2D eigenvalue weighted by Crippen LogP contribution is 2.02. The van der Waals surface area contributed by atoms with Crippen LogP contribution < -0.4 is 10.6 Å². The molecule has 0 aliphatic carbocycles. The molecule has 0 heterocycles. The van der Waals surface area contributed by atoms with Gasteiger partial charge in [-0.1, -0.05) is 6.92 Å². The van der Waals surface area contributed by atoms with Crippen molar-refractivity contribution in [2.24, 2.45) is 0 Å². The molecule has 2 N–H and O–H groups in total. The summed E-state index contributed by atoms with van der Waals surface area (Å²) >= 11 is 1.80. The molecule has 0 aromatic heterocycles. The van der Waals surface area contributed by atoms with Gasteiger partial charge in [0.05, 0.1) is 6.04 Å². The fourth-order valence-corrected chi connectivity index (χ4v) is 1.19. The van der Waals surface area contributed by atoms with Crippen LogP contribution in [0.5, 0.6) is 0 Å². The first-order valence-corrected chi connectivity index (χ1v) is 6.32. The Balaban J connectivity index is 3.72. The highest BCUT2D eigenvalue weighted by molar-refractivity contribution is 7.99. The quantitative estimate of drug-likeness (QED) is 0.705. The van der Waals surface area contributed by atoms with Gasteiger partial charge >= 0.3 is 0 Å². The second-order valence-corrected chi connectivity index (χ2v) is 5.12. The van der Waals surface area contributed by atoms with Crippen LogP contribution >= 0.6 is 11.8 Å². The molecule has 0 aliphatic heterocycles. The van der Waals surface area contributed by atoms with E-state index in [-0.39, 0.29) is 18.0 Å². The maximum absolute atomic E-state index is 11.5. The Morgan fingerprint density at radius 1 is 1.29 bits per heavy atom. The molecule has 0 fully saturated rings. The van der Waals surface area contributed by atoms with Crippen molar-refractivity contribution in [2.45, 2.75) is 45.0 Å². The Labute approximate surface area is 91.4 Å². The monoisotopic (exact) mass is 218 g/mol. The molecule has 4 heteroatoms. The zero-order valence-electron chi connectivity index (χ0n) is 9.76. The summed E-state index contributed by atoms with van der Waals surface area (Å²) in [7, 11) is 0. The summed E-state index contributed by atoms with van der Waals surface area (Å²) < 4.78 is 0. The van der Waals surface area contributed by atoms with Crippen LogP contribution in [0.1, 0.15) is 27.7 Å². The normalized spacial score (nSPS) is 15.3. The van der Waals surface area contributed by atoms with Gasteiger partial charge in [-0.15, -0.1) is 0 Å². The fourth-order valence-electron chi connectivity index (χ4n) is 0.928. The third-order valence-corrected chi connectivity index (χ3v) is 2.91. The summed E-state index contributed by atoms with van der Waals surface area (Å²) in [6, 6.07) is 0.108. The first-order chi connectivity index (χ1) is 6.47. The Morgan fingerprint density at radius 3 is 2.29 bits per heavy atom. The number of thioether (sulfide) groups is 1. The van der Waals surface area contributed by atoms with E-state index >= 15 is 0 Å². The maximum Gasteiger partial charge on any atom is 0.237 e. The summed E-state index contributed by atoms with van der Waals surface area (Å²) in [6.45, 7) is 8.84. The van der Waals surface area contributed by atoms with Crippen LogP contribution in [0.3, 0.4) is 0 Å². The van der Waals surface area contributed by atoms with E-state index in [1.165, 1.54) is 0 Å². The number of carbonyl (C=O) groups excluding carboxylic acids is 1. The first-order valence-electron chi connectivity index (χ1n) is 5.04. The molecule has 14 heavy (non-hydrogen) atoms. The third kappa shape index (κ3) is 6.27. The van der Waals surface area contributed by atoms with E-state index in [1.807, 2.05) is 20.8 Å². The predicted octanol–water partition coefficient (Wildman–Crippen LogP) is 1.24. The van der Waals surface area contributed by atoms with E-state index in [0.29, 0.717) is 5.25 Å². The molecular formula is C10H22N2OS. The minimum absolute atomic E-state index is 0.0771. The molecule has 0 aliphatic rings. The third-order valence-electron chi connectivity index (χ3n) is 1.94. The van der Waals surface area contributed by atoms with Crippen molar-refractivity contribution in [3.63, 3.8) is 0 Å². The lowest BCUT2D eigenvalue weighted by molar-refractivity contribution is -0.123. The van der Waals surface area contributed by atoms with Gasteiger partial charge in [-0.25, -0.2) is 0 Å². The number of carbonyl (C=O) groups is 1. The zero-order valence-corrected chi connectivity index (χ0v) is 10.6. The fraction of sp³-hybridized carbons (Fsp3) is 0.900. The van der Waals surface area contributed by atoms with Crippen molar-refractivity contribution < 1.29 is 4.79 Å². The topological polar surface area (TPSA) is 41.1 Å². The van der Waals surface area contributed by atoms with E-state index in [1.54, 1.807) is 11.8 Å². The Morgan fingerprint density at radius 2 is 1.86 bits per heavy atom. The van der Waals surface area contributed by atoms with Crippen molar-refractivity contribution in [3.05, 3.63) is 0 Å². The van der Waals surface area contributed by atoms with Gasteiger partial charge in [0.25, 0.3) is 0 Å². The molecule has 1 amide bonds. The minimum Gasteiger partial charge on any atom is -0.353 e. The van der Waals surface area contributed by atoms with E-state index in [2.05, 4.69) is 23.8 Å². The molecule has 84 valence electrons. The lowest BCUT2D eigenvalue weighted by Gasteiger charge is -2.17. The smallest absolute Gasteiger partial charge is 0.237 e. The molecule has 0 bridgehead atoms. The number of nitrogens with one attached hydrogen (secondary N) is 2. The standard InChI is InChI=1S/C10H22N2OS/c1-7(2)12-10(13)9(4)11-6-8(3)14-5/h7-9,11H,6H2,1-5H3,(H,12,13). The number of rotatable bonds is 6. The lowest BCUT2D eigenvalue weighted by Crippen LogP contribution is -2.46. The van der Waals surface area contributed by atoms with Gasteiger partial charge in [0.2, 0.25) is 5.91 Å². The highest BCUT2D eigenvalue weighted by Gasteiger charge is 2.13.